The summed E-state index contributed by atoms with van der Waals surface area (Å²) in [6, 6.07) is 8.97. The summed E-state index contributed by atoms with van der Waals surface area (Å²) in [4.78, 5) is 21.4. The van der Waals surface area contributed by atoms with Gasteiger partial charge in [-0.25, -0.2) is 9.97 Å². The van der Waals surface area contributed by atoms with E-state index in [0.29, 0.717) is 27.2 Å². The summed E-state index contributed by atoms with van der Waals surface area (Å²) in [6.07, 6.45) is 4.92. The minimum absolute atomic E-state index is 0.113. The smallest absolute Gasteiger partial charge is 0.288 e. The lowest BCUT2D eigenvalue weighted by atomic mass is 10.2. The van der Waals surface area contributed by atoms with Crippen molar-refractivity contribution in [2.24, 2.45) is 0 Å². The summed E-state index contributed by atoms with van der Waals surface area (Å²) in [5.41, 5.74) is 0.435. The lowest BCUT2D eigenvalue weighted by molar-refractivity contribution is 0.0276. The number of nitrogens with zero attached hydrogens (tertiary/aromatic N) is 3. The number of benzene rings is 1. The van der Waals surface area contributed by atoms with E-state index in [1.807, 2.05) is 19.1 Å². The van der Waals surface area contributed by atoms with Crippen LogP contribution in [0.3, 0.4) is 0 Å². The average Bonchev–Trinajstić information content (AvgIpc) is 2.69. The van der Waals surface area contributed by atoms with Crippen LogP contribution in [0.25, 0.3) is 5.69 Å². The topological polar surface area (TPSA) is 86.5 Å². The molecule has 7 nitrogen and oxygen atoms in total. The molecular formula is C21H23N3O4S. The Morgan fingerprint density at radius 3 is 2.62 bits per heavy atom. The molecule has 0 bridgehead atoms. The zero-order valence-electron chi connectivity index (χ0n) is 16.7. The Hall–Kier alpha value is -2.84. The zero-order valence-corrected chi connectivity index (χ0v) is 17.6. The van der Waals surface area contributed by atoms with Gasteiger partial charge in [-0.2, -0.15) is 0 Å². The highest BCUT2D eigenvalue weighted by atomic mass is 32.2. The number of hydrogen-bond acceptors (Lipinski definition) is 7. The summed E-state index contributed by atoms with van der Waals surface area (Å²) >= 11 is 1.22. The molecular weight excluding hydrogens is 390 g/mol. The average molecular weight is 413 g/mol. The van der Waals surface area contributed by atoms with Crippen molar-refractivity contribution in [2.45, 2.75) is 36.4 Å². The van der Waals surface area contributed by atoms with E-state index in [0.717, 1.165) is 5.56 Å². The number of hydrogen-bond donors (Lipinski definition) is 1. The first-order valence-electron chi connectivity index (χ1n) is 8.98. The molecule has 29 heavy (non-hydrogen) atoms. The largest absolute Gasteiger partial charge is 0.493 e. The third-order valence-electron chi connectivity index (χ3n) is 3.90. The summed E-state index contributed by atoms with van der Waals surface area (Å²) in [5, 5.41) is 10.9. The van der Waals surface area contributed by atoms with Gasteiger partial charge in [0, 0.05) is 24.7 Å². The molecule has 2 heterocycles. The van der Waals surface area contributed by atoms with Gasteiger partial charge in [-0.15, -0.1) is 0 Å². The molecule has 0 amide bonds. The molecule has 1 N–H and O–H groups in total. The van der Waals surface area contributed by atoms with Crippen LogP contribution in [0.5, 0.6) is 11.5 Å². The molecule has 0 atom stereocenters. The Morgan fingerprint density at radius 1 is 1.17 bits per heavy atom. The van der Waals surface area contributed by atoms with Crippen LogP contribution >= 0.6 is 11.8 Å². The lowest BCUT2D eigenvalue weighted by Gasteiger charge is -2.19. The summed E-state index contributed by atoms with van der Waals surface area (Å²) in [6.45, 7) is 5.39. The van der Waals surface area contributed by atoms with E-state index in [-0.39, 0.29) is 12.2 Å². The van der Waals surface area contributed by atoms with Gasteiger partial charge < -0.3 is 14.6 Å². The quantitative estimate of drug-likeness (QED) is 0.636. The van der Waals surface area contributed by atoms with E-state index in [1.54, 1.807) is 50.6 Å². The fraction of sp³-hybridized carbons (Fsp3) is 0.286. The lowest BCUT2D eigenvalue weighted by Crippen LogP contribution is -2.28. The van der Waals surface area contributed by atoms with Crippen LogP contribution in [0.15, 0.2) is 63.8 Å². The number of aliphatic hydroxyl groups is 1. The van der Waals surface area contributed by atoms with Crippen LogP contribution < -0.4 is 15.0 Å². The molecule has 0 unspecified atom stereocenters. The molecule has 0 fully saturated rings. The van der Waals surface area contributed by atoms with Gasteiger partial charge in [0.2, 0.25) is 0 Å². The molecule has 3 aromatic rings. The van der Waals surface area contributed by atoms with Crippen LogP contribution in [0.4, 0.5) is 0 Å². The Bertz CT molecular complexity index is 1040. The molecule has 0 aliphatic carbocycles. The second kappa shape index (κ2) is 8.67. The van der Waals surface area contributed by atoms with Gasteiger partial charge >= 0.3 is 0 Å². The highest BCUT2D eigenvalue weighted by Crippen LogP contribution is 2.30. The summed E-state index contributed by atoms with van der Waals surface area (Å²) in [5.74, 6) is 0.948. The van der Waals surface area contributed by atoms with Gasteiger partial charge in [-0.3, -0.25) is 9.36 Å². The van der Waals surface area contributed by atoms with Gasteiger partial charge in [0.15, 0.2) is 16.5 Å². The zero-order chi connectivity index (χ0) is 21.0. The van der Waals surface area contributed by atoms with Crippen LogP contribution in [0.2, 0.25) is 0 Å². The molecule has 0 radical (unpaired) electrons. The number of rotatable bonds is 7. The SMILES string of the molecule is COc1cc(-n2ccnc(Sc3ccc(C)cn3)c2=O)ccc1OCC(C)(C)O. The second-order valence-corrected chi connectivity index (χ2v) is 8.13. The van der Waals surface area contributed by atoms with E-state index in [1.165, 1.54) is 23.4 Å². The number of ether oxygens (including phenoxy) is 2. The molecule has 152 valence electrons. The van der Waals surface area contributed by atoms with Gasteiger partial charge in [0.1, 0.15) is 11.6 Å². The number of aryl methyl sites for hydroxylation is 1. The van der Waals surface area contributed by atoms with E-state index in [9.17, 15) is 9.90 Å². The van der Waals surface area contributed by atoms with Crippen molar-refractivity contribution in [2.75, 3.05) is 13.7 Å². The minimum atomic E-state index is -0.970. The van der Waals surface area contributed by atoms with Crippen LogP contribution in [0, 0.1) is 6.92 Å². The fourth-order valence-electron chi connectivity index (χ4n) is 2.46. The standard InChI is InChI=1S/C21H23N3O4S/c1-14-5-8-18(23-12-14)29-19-20(25)24(10-9-22-19)15-6-7-16(17(11-15)27-4)28-13-21(2,3)26/h5-12,26H,13H2,1-4H3. The second-order valence-electron chi connectivity index (χ2n) is 7.12. The van der Waals surface area contributed by atoms with Gasteiger partial charge in [0.25, 0.3) is 5.56 Å². The molecule has 0 spiro atoms. The van der Waals surface area contributed by atoms with Crippen molar-refractivity contribution in [3.8, 4) is 17.2 Å². The van der Waals surface area contributed by atoms with Crippen molar-refractivity contribution in [1.82, 2.24) is 14.5 Å². The Balaban J connectivity index is 1.90. The third kappa shape index (κ3) is 5.36. The van der Waals surface area contributed by atoms with E-state index in [2.05, 4.69) is 9.97 Å². The monoisotopic (exact) mass is 413 g/mol. The van der Waals surface area contributed by atoms with Gasteiger partial charge in [-0.05, 0) is 56.3 Å². The van der Waals surface area contributed by atoms with E-state index in [4.69, 9.17) is 9.47 Å². The first-order chi connectivity index (χ1) is 13.8. The maximum atomic E-state index is 12.9. The molecule has 0 aliphatic heterocycles. The van der Waals surface area contributed by atoms with Crippen molar-refractivity contribution >= 4 is 11.8 Å². The fourth-order valence-corrected chi connectivity index (χ4v) is 3.20. The van der Waals surface area contributed by atoms with E-state index >= 15 is 0 Å². The maximum absolute atomic E-state index is 12.9. The third-order valence-corrected chi connectivity index (χ3v) is 4.83. The summed E-state index contributed by atoms with van der Waals surface area (Å²) < 4.78 is 12.5. The van der Waals surface area contributed by atoms with Crippen molar-refractivity contribution in [1.29, 1.82) is 0 Å². The van der Waals surface area contributed by atoms with Gasteiger partial charge in [0.05, 0.1) is 18.4 Å². The normalized spacial score (nSPS) is 11.3. The Labute approximate surface area is 173 Å². The minimum Gasteiger partial charge on any atom is -0.493 e. The van der Waals surface area contributed by atoms with E-state index < -0.39 is 5.60 Å². The summed E-state index contributed by atoms with van der Waals surface area (Å²) in [7, 11) is 1.52. The highest BCUT2D eigenvalue weighted by Gasteiger charge is 2.16. The highest BCUT2D eigenvalue weighted by molar-refractivity contribution is 7.99. The first kappa shape index (κ1) is 20.9. The molecule has 3 rings (SSSR count). The van der Waals surface area contributed by atoms with Crippen molar-refractivity contribution < 1.29 is 14.6 Å². The molecule has 0 saturated carbocycles. The number of aromatic nitrogens is 3. The van der Waals surface area contributed by atoms with Crippen LogP contribution in [-0.4, -0.2) is 39.0 Å². The molecule has 0 saturated heterocycles. The van der Waals surface area contributed by atoms with Crippen molar-refractivity contribution in [3.63, 3.8) is 0 Å². The number of pyridine rings is 1. The first-order valence-corrected chi connectivity index (χ1v) is 9.80. The Kier molecular flexibility index (Phi) is 6.24. The van der Waals surface area contributed by atoms with Crippen molar-refractivity contribution in [3.05, 3.63) is 64.8 Å². The predicted octanol–water partition coefficient (Wildman–Crippen LogP) is 3.25. The molecule has 1 aromatic carbocycles. The Morgan fingerprint density at radius 2 is 1.97 bits per heavy atom. The number of methoxy groups -OCH3 is 1. The maximum Gasteiger partial charge on any atom is 0.288 e. The van der Waals surface area contributed by atoms with Crippen LogP contribution in [-0.2, 0) is 0 Å². The van der Waals surface area contributed by atoms with Crippen LogP contribution in [0.1, 0.15) is 19.4 Å². The predicted molar refractivity (Wildman–Crippen MR) is 111 cm³/mol. The molecule has 0 aliphatic rings. The molecule has 2 aromatic heterocycles. The molecule has 8 heteroatoms. The van der Waals surface area contributed by atoms with Gasteiger partial charge in [-0.1, -0.05) is 6.07 Å².